The van der Waals surface area contributed by atoms with Crippen molar-refractivity contribution in [3.8, 4) is 0 Å². The van der Waals surface area contributed by atoms with E-state index < -0.39 is 0 Å². The number of aromatic nitrogens is 1. The third kappa shape index (κ3) is 2.05. The van der Waals surface area contributed by atoms with Gasteiger partial charge in [0.1, 0.15) is 5.69 Å². The molecule has 1 aromatic heterocycles. The lowest BCUT2D eigenvalue weighted by Crippen LogP contribution is -2.38. The highest BCUT2D eigenvalue weighted by Crippen LogP contribution is 2.19. The van der Waals surface area contributed by atoms with Crippen molar-refractivity contribution in [3.63, 3.8) is 0 Å². The molecule has 4 nitrogen and oxygen atoms in total. The summed E-state index contributed by atoms with van der Waals surface area (Å²) in [5, 5.41) is 0. The monoisotopic (exact) mass is 221 g/mol. The summed E-state index contributed by atoms with van der Waals surface area (Å²) in [5.41, 5.74) is 7.01. The molecule has 2 heterocycles. The van der Waals surface area contributed by atoms with Crippen LogP contribution in [0.25, 0.3) is 0 Å². The second kappa shape index (κ2) is 4.20. The van der Waals surface area contributed by atoms with Gasteiger partial charge in [-0.25, -0.2) is 0 Å². The Morgan fingerprint density at radius 3 is 2.56 bits per heavy atom. The van der Waals surface area contributed by atoms with Crippen LogP contribution in [-0.2, 0) is 7.05 Å². The van der Waals surface area contributed by atoms with Gasteiger partial charge in [0, 0.05) is 26.3 Å². The number of rotatable bonds is 1. The molecule has 0 spiro atoms. The van der Waals surface area contributed by atoms with Gasteiger partial charge >= 0.3 is 0 Å². The normalized spacial score (nSPS) is 17.8. The van der Waals surface area contributed by atoms with Gasteiger partial charge < -0.3 is 15.2 Å². The quantitative estimate of drug-likeness (QED) is 0.781. The van der Waals surface area contributed by atoms with Gasteiger partial charge in [0.05, 0.1) is 5.69 Å². The minimum Gasteiger partial charge on any atom is -0.397 e. The lowest BCUT2D eigenvalue weighted by atomic mass is 9.99. The van der Waals surface area contributed by atoms with Crippen LogP contribution >= 0.6 is 0 Å². The van der Waals surface area contributed by atoms with E-state index in [0.29, 0.717) is 11.4 Å². The molecule has 2 rings (SSSR count). The average Bonchev–Trinajstić information content (AvgIpc) is 2.58. The summed E-state index contributed by atoms with van der Waals surface area (Å²) in [6.45, 7) is 3.97. The summed E-state index contributed by atoms with van der Waals surface area (Å²) in [6, 6.07) is 1.75. The topological polar surface area (TPSA) is 51.3 Å². The Morgan fingerprint density at radius 2 is 2.06 bits per heavy atom. The molecule has 1 fully saturated rings. The van der Waals surface area contributed by atoms with Crippen molar-refractivity contribution in [2.45, 2.75) is 19.8 Å². The maximum absolute atomic E-state index is 12.2. The highest BCUT2D eigenvalue weighted by molar-refractivity contribution is 5.93. The zero-order chi connectivity index (χ0) is 11.7. The maximum Gasteiger partial charge on any atom is 0.270 e. The minimum atomic E-state index is 0.103. The number of carbonyl (C=O) groups is 1. The molecular formula is C12H19N3O. The van der Waals surface area contributed by atoms with E-state index in [9.17, 15) is 4.79 Å². The number of amides is 1. The van der Waals surface area contributed by atoms with Crippen LogP contribution in [0, 0.1) is 5.92 Å². The Kier molecular flexibility index (Phi) is 2.90. The number of hydrogen-bond donors (Lipinski definition) is 1. The number of anilines is 1. The first kappa shape index (κ1) is 11.0. The summed E-state index contributed by atoms with van der Waals surface area (Å²) >= 11 is 0. The van der Waals surface area contributed by atoms with Crippen molar-refractivity contribution in [3.05, 3.63) is 18.0 Å². The smallest absolute Gasteiger partial charge is 0.270 e. The molecule has 0 atom stereocenters. The molecule has 2 N–H and O–H groups in total. The molecular weight excluding hydrogens is 202 g/mol. The van der Waals surface area contributed by atoms with Crippen LogP contribution in [-0.4, -0.2) is 28.5 Å². The largest absolute Gasteiger partial charge is 0.397 e. The van der Waals surface area contributed by atoms with Gasteiger partial charge in [0.2, 0.25) is 0 Å². The van der Waals surface area contributed by atoms with Gasteiger partial charge in [0.15, 0.2) is 0 Å². The Bertz CT molecular complexity index is 389. The van der Waals surface area contributed by atoms with Gasteiger partial charge in [-0.1, -0.05) is 6.92 Å². The van der Waals surface area contributed by atoms with E-state index in [1.165, 1.54) is 0 Å². The molecule has 16 heavy (non-hydrogen) atoms. The van der Waals surface area contributed by atoms with Gasteiger partial charge in [-0.2, -0.15) is 0 Å². The number of nitrogens with two attached hydrogens (primary N) is 1. The van der Waals surface area contributed by atoms with Crippen LogP contribution < -0.4 is 5.73 Å². The first-order valence-electron chi connectivity index (χ1n) is 5.79. The van der Waals surface area contributed by atoms with Crippen LogP contribution in [0.15, 0.2) is 12.3 Å². The molecule has 88 valence electrons. The van der Waals surface area contributed by atoms with Crippen molar-refractivity contribution in [1.82, 2.24) is 9.47 Å². The number of piperidine rings is 1. The fourth-order valence-electron chi connectivity index (χ4n) is 2.18. The Labute approximate surface area is 96.0 Å². The number of hydrogen-bond acceptors (Lipinski definition) is 2. The predicted octanol–water partition coefficient (Wildman–Crippen LogP) is 1.48. The van der Waals surface area contributed by atoms with E-state index in [0.717, 1.165) is 31.8 Å². The van der Waals surface area contributed by atoms with E-state index in [4.69, 9.17) is 5.73 Å². The summed E-state index contributed by atoms with van der Waals surface area (Å²) in [7, 11) is 1.86. The lowest BCUT2D eigenvalue weighted by Gasteiger charge is -2.30. The molecule has 1 aliphatic rings. The van der Waals surface area contributed by atoms with Crippen LogP contribution in [0.5, 0.6) is 0 Å². The zero-order valence-electron chi connectivity index (χ0n) is 9.94. The van der Waals surface area contributed by atoms with Crippen LogP contribution in [0.4, 0.5) is 5.69 Å². The second-order valence-electron chi connectivity index (χ2n) is 4.74. The van der Waals surface area contributed by atoms with Crippen LogP contribution in [0.2, 0.25) is 0 Å². The van der Waals surface area contributed by atoms with Gasteiger partial charge in [-0.15, -0.1) is 0 Å². The minimum absolute atomic E-state index is 0.103. The Morgan fingerprint density at radius 1 is 1.44 bits per heavy atom. The summed E-state index contributed by atoms with van der Waals surface area (Å²) in [5.74, 6) is 0.841. The van der Waals surface area contributed by atoms with Crippen molar-refractivity contribution >= 4 is 11.6 Å². The van der Waals surface area contributed by atoms with Gasteiger partial charge in [0.25, 0.3) is 5.91 Å². The number of likely N-dealkylation sites (tertiary alicyclic amines) is 1. The lowest BCUT2D eigenvalue weighted by molar-refractivity contribution is 0.0687. The molecule has 0 aliphatic carbocycles. The Hall–Kier alpha value is -1.45. The number of aryl methyl sites for hydroxylation is 1. The molecule has 1 saturated heterocycles. The molecule has 1 amide bonds. The summed E-state index contributed by atoms with van der Waals surface area (Å²) in [4.78, 5) is 14.1. The van der Waals surface area contributed by atoms with E-state index in [-0.39, 0.29) is 5.91 Å². The van der Waals surface area contributed by atoms with Crippen LogP contribution in [0.1, 0.15) is 30.3 Å². The first-order chi connectivity index (χ1) is 7.58. The van der Waals surface area contributed by atoms with Crippen LogP contribution in [0.3, 0.4) is 0 Å². The van der Waals surface area contributed by atoms with E-state index in [2.05, 4.69) is 6.92 Å². The average molecular weight is 221 g/mol. The number of nitrogen functional groups attached to an aromatic ring is 1. The van der Waals surface area contributed by atoms with Crippen molar-refractivity contribution in [2.24, 2.45) is 13.0 Å². The second-order valence-corrected chi connectivity index (χ2v) is 4.74. The molecule has 0 bridgehead atoms. The molecule has 1 aromatic rings. The summed E-state index contributed by atoms with van der Waals surface area (Å²) < 4.78 is 1.80. The van der Waals surface area contributed by atoms with Crippen molar-refractivity contribution < 1.29 is 4.79 Å². The Balaban J connectivity index is 2.10. The molecule has 0 radical (unpaired) electrons. The van der Waals surface area contributed by atoms with Crippen molar-refractivity contribution in [2.75, 3.05) is 18.8 Å². The number of nitrogens with zero attached hydrogens (tertiary/aromatic N) is 2. The fraction of sp³-hybridized carbons (Fsp3) is 0.583. The summed E-state index contributed by atoms with van der Waals surface area (Å²) in [6.07, 6.45) is 3.98. The standard InChI is InChI=1S/C12H19N3O/c1-9-3-5-15(6-4-9)12(16)11-7-10(13)8-14(11)2/h7-9H,3-6,13H2,1-2H3. The fourth-order valence-corrected chi connectivity index (χ4v) is 2.18. The molecule has 4 heteroatoms. The first-order valence-corrected chi connectivity index (χ1v) is 5.79. The zero-order valence-corrected chi connectivity index (χ0v) is 9.94. The molecule has 0 unspecified atom stereocenters. The van der Waals surface area contributed by atoms with E-state index in [1.54, 1.807) is 16.8 Å². The van der Waals surface area contributed by atoms with E-state index >= 15 is 0 Å². The van der Waals surface area contributed by atoms with Crippen molar-refractivity contribution in [1.29, 1.82) is 0 Å². The predicted molar refractivity (Wildman–Crippen MR) is 64.1 cm³/mol. The third-order valence-corrected chi connectivity index (χ3v) is 3.32. The number of carbonyl (C=O) groups excluding carboxylic acids is 1. The third-order valence-electron chi connectivity index (χ3n) is 3.32. The molecule has 0 aromatic carbocycles. The van der Waals surface area contributed by atoms with Gasteiger partial charge in [-0.3, -0.25) is 4.79 Å². The molecule has 1 aliphatic heterocycles. The highest BCUT2D eigenvalue weighted by Gasteiger charge is 2.23. The molecule has 0 saturated carbocycles. The van der Waals surface area contributed by atoms with Gasteiger partial charge in [-0.05, 0) is 24.8 Å². The SMILES string of the molecule is CC1CCN(C(=O)c2cc(N)cn2C)CC1. The van der Waals surface area contributed by atoms with E-state index in [1.807, 2.05) is 11.9 Å². The maximum atomic E-state index is 12.2. The highest BCUT2D eigenvalue weighted by atomic mass is 16.2.